The van der Waals surface area contributed by atoms with Gasteiger partial charge in [0.2, 0.25) is 0 Å². The maximum absolute atomic E-state index is 6.37. The standard InChI is InChI=1S/C16H28N2O/c1-12(2)18(8-9-19-5)11-16(17)15-7-6-13(3)10-14(15)4/h6-7,10,12,16H,8-9,11,17H2,1-5H3. The Morgan fingerprint density at radius 2 is 1.95 bits per heavy atom. The molecule has 0 heterocycles. The third-order valence-electron chi connectivity index (χ3n) is 3.57. The molecule has 1 aromatic rings. The van der Waals surface area contributed by atoms with Crippen LogP contribution in [0.1, 0.15) is 36.6 Å². The van der Waals surface area contributed by atoms with Gasteiger partial charge < -0.3 is 10.5 Å². The Bertz CT molecular complexity index is 390. The van der Waals surface area contributed by atoms with Gasteiger partial charge in [0.15, 0.2) is 0 Å². The molecule has 0 saturated carbocycles. The highest BCUT2D eigenvalue weighted by Gasteiger charge is 2.16. The number of methoxy groups -OCH3 is 1. The van der Waals surface area contributed by atoms with Crippen LogP contribution in [0.4, 0.5) is 0 Å². The van der Waals surface area contributed by atoms with Crippen molar-refractivity contribution in [3.63, 3.8) is 0 Å². The quantitative estimate of drug-likeness (QED) is 0.823. The van der Waals surface area contributed by atoms with Crippen LogP contribution in [0.3, 0.4) is 0 Å². The number of hydrogen-bond acceptors (Lipinski definition) is 3. The van der Waals surface area contributed by atoms with Crippen LogP contribution >= 0.6 is 0 Å². The predicted octanol–water partition coefficient (Wildman–Crippen LogP) is 2.66. The van der Waals surface area contributed by atoms with Crippen LogP contribution in [0.15, 0.2) is 18.2 Å². The van der Waals surface area contributed by atoms with Crippen molar-refractivity contribution in [1.29, 1.82) is 0 Å². The molecule has 0 aliphatic rings. The number of benzene rings is 1. The number of rotatable bonds is 7. The van der Waals surface area contributed by atoms with Crippen molar-refractivity contribution < 1.29 is 4.74 Å². The largest absolute Gasteiger partial charge is 0.383 e. The minimum atomic E-state index is 0.0554. The second-order valence-corrected chi connectivity index (χ2v) is 5.55. The van der Waals surface area contributed by atoms with Gasteiger partial charge in [0.1, 0.15) is 0 Å². The SMILES string of the molecule is COCCN(CC(N)c1ccc(C)cc1C)C(C)C. The zero-order valence-corrected chi connectivity index (χ0v) is 12.9. The van der Waals surface area contributed by atoms with Crippen molar-refractivity contribution in [2.24, 2.45) is 5.73 Å². The Morgan fingerprint density at radius 1 is 1.26 bits per heavy atom. The summed E-state index contributed by atoms with van der Waals surface area (Å²) in [6.07, 6.45) is 0. The van der Waals surface area contributed by atoms with Gasteiger partial charge in [-0.3, -0.25) is 4.90 Å². The van der Waals surface area contributed by atoms with E-state index in [1.54, 1.807) is 7.11 Å². The van der Waals surface area contributed by atoms with E-state index in [-0.39, 0.29) is 6.04 Å². The fraction of sp³-hybridized carbons (Fsp3) is 0.625. The van der Waals surface area contributed by atoms with Gasteiger partial charge >= 0.3 is 0 Å². The second-order valence-electron chi connectivity index (χ2n) is 5.55. The molecule has 2 N–H and O–H groups in total. The van der Waals surface area contributed by atoms with Crippen molar-refractivity contribution in [3.05, 3.63) is 34.9 Å². The van der Waals surface area contributed by atoms with Gasteiger partial charge in [-0.15, -0.1) is 0 Å². The van der Waals surface area contributed by atoms with Gasteiger partial charge in [-0.25, -0.2) is 0 Å². The summed E-state index contributed by atoms with van der Waals surface area (Å²) in [5.74, 6) is 0. The third-order valence-corrected chi connectivity index (χ3v) is 3.57. The Balaban J connectivity index is 2.72. The van der Waals surface area contributed by atoms with E-state index in [1.165, 1.54) is 16.7 Å². The van der Waals surface area contributed by atoms with Crippen LogP contribution in [0, 0.1) is 13.8 Å². The van der Waals surface area contributed by atoms with Gasteiger partial charge in [0, 0.05) is 32.3 Å². The van der Waals surface area contributed by atoms with E-state index in [0.717, 1.165) is 19.7 Å². The number of aryl methyl sites for hydroxylation is 2. The molecule has 108 valence electrons. The van der Waals surface area contributed by atoms with E-state index < -0.39 is 0 Å². The Morgan fingerprint density at radius 3 is 2.47 bits per heavy atom. The molecule has 0 radical (unpaired) electrons. The van der Waals surface area contributed by atoms with Crippen LogP contribution in [-0.4, -0.2) is 37.7 Å². The lowest BCUT2D eigenvalue weighted by Gasteiger charge is -2.29. The molecule has 0 bridgehead atoms. The molecule has 0 saturated heterocycles. The molecule has 3 heteroatoms. The third kappa shape index (κ3) is 4.94. The molecule has 0 fully saturated rings. The van der Waals surface area contributed by atoms with Gasteiger partial charge in [0.05, 0.1) is 6.61 Å². The maximum Gasteiger partial charge on any atom is 0.0589 e. The maximum atomic E-state index is 6.37. The average Bonchev–Trinajstić information content (AvgIpc) is 2.33. The first-order chi connectivity index (χ1) is 8.95. The molecule has 1 atom stereocenters. The molecule has 19 heavy (non-hydrogen) atoms. The molecule has 0 spiro atoms. The highest BCUT2D eigenvalue weighted by atomic mass is 16.5. The predicted molar refractivity (Wildman–Crippen MR) is 81.4 cm³/mol. The van der Waals surface area contributed by atoms with E-state index in [0.29, 0.717) is 6.04 Å². The summed E-state index contributed by atoms with van der Waals surface area (Å²) in [6, 6.07) is 7.03. The van der Waals surface area contributed by atoms with Crippen LogP contribution in [-0.2, 0) is 4.74 Å². The number of nitrogens with zero attached hydrogens (tertiary/aromatic N) is 1. The second kappa shape index (κ2) is 7.63. The minimum Gasteiger partial charge on any atom is -0.383 e. The van der Waals surface area contributed by atoms with E-state index in [4.69, 9.17) is 10.5 Å². The van der Waals surface area contributed by atoms with E-state index in [2.05, 4.69) is 50.8 Å². The normalized spacial score (nSPS) is 13.3. The Kier molecular flexibility index (Phi) is 6.49. The van der Waals surface area contributed by atoms with Crippen molar-refractivity contribution in [1.82, 2.24) is 4.90 Å². The number of ether oxygens (including phenoxy) is 1. The summed E-state index contributed by atoms with van der Waals surface area (Å²) in [5.41, 5.74) is 10.2. The fourth-order valence-electron chi connectivity index (χ4n) is 2.36. The molecule has 1 aromatic carbocycles. The molecule has 0 aliphatic heterocycles. The van der Waals surface area contributed by atoms with Crippen molar-refractivity contribution in [2.75, 3.05) is 26.8 Å². The van der Waals surface area contributed by atoms with Crippen LogP contribution < -0.4 is 5.73 Å². The monoisotopic (exact) mass is 264 g/mol. The van der Waals surface area contributed by atoms with Gasteiger partial charge in [-0.2, -0.15) is 0 Å². The Hall–Kier alpha value is -0.900. The first-order valence-corrected chi connectivity index (χ1v) is 7.01. The molecule has 3 nitrogen and oxygen atoms in total. The highest BCUT2D eigenvalue weighted by molar-refractivity contribution is 5.32. The Labute approximate surface area is 117 Å². The highest BCUT2D eigenvalue weighted by Crippen LogP contribution is 2.18. The van der Waals surface area contributed by atoms with Gasteiger partial charge in [-0.1, -0.05) is 23.8 Å². The summed E-state index contributed by atoms with van der Waals surface area (Å²) in [5, 5.41) is 0. The van der Waals surface area contributed by atoms with Gasteiger partial charge in [-0.05, 0) is 38.8 Å². The zero-order valence-electron chi connectivity index (χ0n) is 12.9. The van der Waals surface area contributed by atoms with Crippen molar-refractivity contribution in [2.45, 2.75) is 39.8 Å². The number of nitrogens with two attached hydrogens (primary N) is 1. The van der Waals surface area contributed by atoms with Crippen LogP contribution in [0.5, 0.6) is 0 Å². The molecule has 0 amide bonds. The minimum absolute atomic E-state index is 0.0554. The molecule has 0 aromatic heterocycles. The van der Waals surface area contributed by atoms with Gasteiger partial charge in [0.25, 0.3) is 0 Å². The lowest BCUT2D eigenvalue weighted by atomic mass is 9.99. The van der Waals surface area contributed by atoms with Crippen molar-refractivity contribution >= 4 is 0 Å². The first kappa shape index (κ1) is 16.2. The lowest BCUT2D eigenvalue weighted by Crippen LogP contribution is -2.39. The van der Waals surface area contributed by atoms with Crippen LogP contribution in [0.25, 0.3) is 0 Å². The fourth-order valence-corrected chi connectivity index (χ4v) is 2.36. The lowest BCUT2D eigenvalue weighted by molar-refractivity contribution is 0.125. The average molecular weight is 264 g/mol. The smallest absolute Gasteiger partial charge is 0.0589 e. The summed E-state index contributed by atoms with van der Waals surface area (Å²) < 4.78 is 5.17. The molecule has 1 unspecified atom stereocenters. The topological polar surface area (TPSA) is 38.5 Å². The van der Waals surface area contributed by atoms with Crippen LogP contribution in [0.2, 0.25) is 0 Å². The van der Waals surface area contributed by atoms with E-state index >= 15 is 0 Å². The molecule has 0 aliphatic carbocycles. The molecule has 1 rings (SSSR count). The van der Waals surface area contributed by atoms with Crippen molar-refractivity contribution in [3.8, 4) is 0 Å². The molecular weight excluding hydrogens is 236 g/mol. The first-order valence-electron chi connectivity index (χ1n) is 7.01. The summed E-state index contributed by atoms with van der Waals surface area (Å²) >= 11 is 0. The summed E-state index contributed by atoms with van der Waals surface area (Å²) in [7, 11) is 1.74. The zero-order chi connectivity index (χ0) is 14.4. The molecular formula is C16H28N2O. The van der Waals surface area contributed by atoms with E-state index in [9.17, 15) is 0 Å². The summed E-state index contributed by atoms with van der Waals surface area (Å²) in [4.78, 5) is 2.37. The number of hydrogen-bond donors (Lipinski definition) is 1. The van der Waals surface area contributed by atoms with E-state index in [1.807, 2.05) is 0 Å². The summed E-state index contributed by atoms with van der Waals surface area (Å²) in [6.45, 7) is 11.2.